The lowest BCUT2D eigenvalue weighted by Crippen LogP contribution is -1.90. The van der Waals surface area contributed by atoms with Crippen LogP contribution in [0.5, 0.6) is 0 Å². The van der Waals surface area contributed by atoms with Gasteiger partial charge in [0.15, 0.2) is 11.5 Å². The predicted molar refractivity (Wildman–Crippen MR) is 75.6 cm³/mol. The lowest BCUT2D eigenvalue weighted by Gasteiger charge is -2.04. The zero-order valence-corrected chi connectivity index (χ0v) is 11.8. The van der Waals surface area contributed by atoms with E-state index in [9.17, 15) is 0 Å². The van der Waals surface area contributed by atoms with Crippen LogP contribution in [-0.4, -0.2) is 14.6 Å². The Morgan fingerprint density at radius 1 is 1.06 bits per heavy atom. The van der Waals surface area contributed by atoms with E-state index < -0.39 is 0 Å². The van der Waals surface area contributed by atoms with E-state index in [4.69, 9.17) is 0 Å². The second kappa shape index (κ2) is 4.21. The van der Waals surface area contributed by atoms with Crippen molar-refractivity contribution < 1.29 is 0 Å². The summed E-state index contributed by atoms with van der Waals surface area (Å²) in [7, 11) is 0. The van der Waals surface area contributed by atoms with Gasteiger partial charge in [-0.15, -0.1) is 10.2 Å². The first-order valence-corrected chi connectivity index (χ1v) is 6.53. The summed E-state index contributed by atoms with van der Waals surface area (Å²) in [4.78, 5) is 0. The number of hydrogen-bond donors (Lipinski definition) is 0. The number of rotatable bonds is 1. The molecule has 0 fully saturated rings. The molecule has 4 heteroatoms. The Morgan fingerprint density at radius 2 is 1.89 bits per heavy atom. The lowest BCUT2D eigenvalue weighted by molar-refractivity contribution is 1.11. The van der Waals surface area contributed by atoms with Crippen LogP contribution in [-0.2, 0) is 0 Å². The molecular weight excluding hydrogens is 290 g/mol. The van der Waals surface area contributed by atoms with Crippen LogP contribution >= 0.6 is 15.9 Å². The first-order chi connectivity index (χ1) is 8.66. The molecule has 3 nitrogen and oxygen atoms in total. The molecule has 2 aromatic heterocycles. The van der Waals surface area contributed by atoms with E-state index in [0.29, 0.717) is 0 Å². The zero-order chi connectivity index (χ0) is 12.7. The van der Waals surface area contributed by atoms with Crippen LogP contribution in [0.2, 0.25) is 0 Å². The van der Waals surface area contributed by atoms with E-state index in [2.05, 4.69) is 58.2 Å². The standard InChI is InChI=1S/C14H12BrN3/c1-9-5-6-11(8-10(9)2)13-16-17-14-12(15)4-3-7-18(13)14/h3-8H,1-2H3. The normalized spacial score (nSPS) is 11.1. The molecule has 0 bridgehead atoms. The maximum absolute atomic E-state index is 4.28. The zero-order valence-electron chi connectivity index (χ0n) is 10.2. The Kier molecular flexibility index (Phi) is 2.67. The van der Waals surface area contributed by atoms with Gasteiger partial charge in [-0.2, -0.15) is 0 Å². The molecular formula is C14H12BrN3. The van der Waals surface area contributed by atoms with Gasteiger partial charge in [0.25, 0.3) is 0 Å². The molecule has 0 amide bonds. The molecule has 0 N–H and O–H groups in total. The molecule has 0 spiro atoms. The van der Waals surface area contributed by atoms with E-state index in [1.165, 1.54) is 11.1 Å². The smallest absolute Gasteiger partial charge is 0.175 e. The fraction of sp³-hybridized carbons (Fsp3) is 0.143. The molecule has 3 aromatic rings. The molecule has 0 saturated heterocycles. The third kappa shape index (κ3) is 1.73. The van der Waals surface area contributed by atoms with Crippen molar-refractivity contribution in [3.63, 3.8) is 0 Å². The number of fused-ring (bicyclic) bond motifs is 1. The van der Waals surface area contributed by atoms with Crippen molar-refractivity contribution in [2.45, 2.75) is 13.8 Å². The Balaban J connectivity index is 2.25. The van der Waals surface area contributed by atoms with Gasteiger partial charge in [-0.3, -0.25) is 4.40 Å². The van der Waals surface area contributed by atoms with Crippen molar-refractivity contribution in [2.75, 3.05) is 0 Å². The van der Waals surface area contributed by atoms with Crippen LogP contribution in [0.3, 0.4) is 0 Å². The highest BCUT2D eigenvalue weighted by Gasteiger charge is 2.10. The van der Waals surface area contributed by atoms with Crippen LogP contribution in [0.1, 0.15) is 11.1 Å². The fourth-order valence-electron chi connectivity index (χ4n) is 1.96. The minimum atomic E-state index is 0.839. The van der Waals surface area contributed by atoms with Crippen molar-refractivity contribution in [3.05, 3.63) is 52.1 Å². The molecule has 90 valence electrons. The number of benzene rings is 1. The van der Waals surface area contributed by atoms with Gasteiger partial charge in [0, 0.05) is 11.8 Å². The molecule has 0 atom stereocenters. The third-order valence-electron chi connectivity index (χ3n) is 3.15. The van der Waals surface area contributed by atoms with Crippen molar-refractivity contribution in [1.82, 2.24) is 14.6 Å². The average Bonchev–Trinajstić information content (AvgIpc) is 2.78. The number of pyridine rings is 1. The third-order valence-corrected chi connectivity index (χ3v) is 3.77. The molecule has 0 saturated carbocycles. The van der Waals surface area contributed by atoms with Crippen LogP contribution in [0.25, 0.3) is 17.0 Å². The summed E-state index contributed by atoms with van der Waals surface area (Å²) in [6.07, 6.45) is 1.98. The van der Waals surface area contributed by atoms with Crippen molar-refractivity contribution in [2.24, 2.45) is 0 Å². The van der Waals surface area contributed by atoms with E-state index in [-0.39, 0.29) is 0 Å². The van der Waals surface area contributed by atoms with Gasteiger partial charge >= 0.3 is 0 Å². The van der Waals surface area contributed by atoms with Crippen molar-refractivity contribution in [3.8, 4) is 11.4 Å². The van der Waals surface area contributed by atoms with Gasteiger partial charge in [-0.1, -0.05) is 12.1 Å². The van der Waals surface area contributed by atoms with Gasteiger partial charge in [-0.25, -0.2) is 0 Å². The SMILES string of the molecule is Cc1ccc(-c2nnc3c(Br)cccn23)cc1C. The second-order valence-electron chi connectivity index (χ2n) is 4.37. The Labute approximate surface area is 114 Å². The first kappa shape index (κ1) is 11.4. The lowest BCUT2D eigenvalue weighted by atomic mass is 10.1. The van der Waals surface area contributed by atoms with Crippen LogP contribution in [0, 0.1) is 13.8 Å². The molecule has 18 heavy (non-hydrogen) atoms. The Morgan fingerprint density at radius 3 is 2.67 bits per heavy atom. The highest BCUT2D eigenvalue weighted by atomic mass is 79.9. The molecule has 0 aliphatic heterocycles. The molecule has 3 rings (SSSR count). The summed E-state index contributed by atoms with van der Waals surface area (Å²) >= 11 is 3.49. The molecule has 1 aromatic carbocycles. The molecule has 0 aliphatic rings. The second-order valence-corrected chi connectivity index (χ2v) is 5.23. The Hall–Kier alpha value is -1.68. The maximum Gasteiger partial charge on any atom is 0.175 e. The summed E-state index contributed by atoms with van der Waals surface area (Å²) in [6.45, 7) is 4.22. The van der Waals surface area contributed by atoms with Crippen molar-refractivity contribution in [1.29, 1.82) is 0 Å². The quantitative estimate of drug-likeness (QED) is 0.685. The number of hydrogen-bond acceptors (Lipinski definition) is 2. The van der Waals surface area contributed by atoms with Crippen LogP contribution in [0.15, 0.2) is 41.0 Å². The van der Waals surface area contributed by atoms with Crippen LogP contribution < -0.4 is 0 Å². The van der Waals surface area contributed by atoms with Gasteiger partial charge in [-0.05, 0) is 59.1 Å². The Bertz CT molecular complexity index is 731. The monoisotopic (exact) mass is 301 g/mol. The highest BCUT2D eigenvalue weighted by molar-refractivity contribution is 9.10. The minimum Gasteiger partial charge on any atom is -0.281 e. The predicted octanol–water partition coefficient (Wildman–Crippen LogP) is 3.78. The molecule has 0 unspecified atom stereocenters. The van der Waals surface area contributed by atoms with E-state index >= 15 is 0 Å². The first-order valence-electron chi connectivity index (χ1n) is 5.73. The van der Waals surface area contributed by atoms with Gasteiger partial charge < -0.3 is 0 Å². The van der Waals surface area contributed by atoms with Crippen molar-refractivity contribution >= 4 is 21.6 Å². The maximum atomic E-state index is 4.28. The largest absolute Gasteiger partial charge is 0.281 e. The summed E-state index contributed by atoms with van der Waals surface area (Å²) in [5, 5.41) is 8.49. The number of halogens is 1. The van der Waals surface area contributed by atoms with E-state index in [0.717, 1.165) is 21.5 Å². The number of aryl methyl sites for hydroxylation is 2. The van der Waals surface area contributed by atoms with E-state index in [1.54, 1.807) is 0 Å². The van der Waals surface area contributed by atoms with Gasteiger partial charge in [0.05, 0.1) is 4.47 Å². The minimum absolute atomic E-state index is 0.839. The average molecular weight is 302 g/mol. The van der Waals surface area contributed by atoms with Gasteiger partial charge in [0.2, 0.25) is 0 Å². The fourth-order valence-corrected chi connectivity index (χ4v) is 2.38. The summed E-state index contributed by atoms with van der Waals surface area (Å²) in [5.41, 5.74) is 4.47. The molecule has 0 radical (unpaired) electrons. The molecule has 2 heterocycles. The van der Waals surface area contributed by atoms with Gasteiger partial charge in [0.1, 0.15) is 0 Å². The number of nitrogens with zero attached hydrogens (tertiary/aromatic N) is 3. The summed E-state index contributed by atoms with van der Waals surface area (Å²) < 4.78 is 2.95. The molecule has 0 aliphatic carbocycles. The van der Waals surface area contributed by atoms with E-state index in [1.807, 2.05) is 22.7 Å². The van der Waals surface area contributed by atoms with Crippen LogP contribution in [0.4, 0.5) is 0 Å². The summed E-state index contributed by atoms with van der Waals surface area (Å²) in [6, 6.07) is 10.3. The number of aromatic nitrogens is 3. The summed E-state index contributed by atoms with van der Waals surface area (Å²) in [5.74, 6) is 0.870. The topological polar surface area (TPSA) is 30.2 Å². The highest BCUT2D eigenvalue weighted by Crippen LogP contribution is 2.24.